The minimum atomic E-state index is -0.176. The third-order valence-electron chi connectivity index (χ3n) is 5.67. The molecule has 0 spiro atoms. The molecule has 0 aliphatic heterocycles. The van der Waals surface area contributed by atoms with E-state index in [1.54, 1.807) is 42.9 Å². The van der Waals surface area contributed by atoms with Crippen LogP contribution in [0.15, 0.2) is 47.3 Å². The molecule has 170 valence electrons. The summed E-state index contributed by atoms with van der Waals surface area (Å²) in [5, 5.41) is 0.772. The number of ether oxygens (including phenoxy) is 3. The summed E-state index contributed by atoms with van der Waals surface area (Å²) in [6.07, 6.45) is 0.224. The molecule has 0 N–H and O–H groups in total. The Balaban J connectivity index is 2.19. The average Bonchev–Trinajstić information content (AvgIpc) is 2.83. The lowest BCUT2D eigenvalue weighted by molar-refractivity contribution is -0.131. The van der Waals surface area contributed by atoms with E-state index in [1.807, 2.05) is 44.2 Å². The molecule has 2 aromatic carbocycles. The smallest absolute Gasteiger partial charge is 0.258 e. The summed E-state index contributed by atoms with van der Waals surface area (Å²) in [6.45, 7) is 5.42. The van der Waals surface area contributed by atoms with Gasteiger partial charge in [-0.05, 0) is 37.6 Å². The van der Waals surface area contributed by atoms with Crippen molar-refractivity contribution in [1.82, 2.24) is 9.47 Å². The number of carbonyl (C=O) groups excluding carboxylic acids is 1. The maximum absolute atomic E-state index is 13.6. The molecule has 0 fully saturated rings. The highest BCUT2D eigenvalue weighted by molar-refractivity contribution is 5.91. The zero-order chi connectivity index (χ0) is 23.3. The number of amides is 1. The van der Waals surface area contributed by atoms with Crippen LogP contribution in [0, 0.1) is 0 Å². The molecule has 7 nitrogen and oxygen atoms in total. The van der Waals surface area contributed by atoms with Crippen molar-refractivity contribution in [2.24, 2.45) is 0 Å². The standard InChI is InChI=1S/C25H30N2O5/c1-6-26(7-2)24(28)12-13-27-22-14-19(31-4)15-23(32-5)21(22)16-20(25(27)29)17-8-10-18(30-3)11-9-17/h8-11,14-16H,6-7,12-13H2,1-5H3. The maximum atomic E-state index is 13.6. The summed E-state index contributed by atoms with van der Waals surface area (Å²) in [7, 11) is 4.75. The fourth-order valence-corrected chi connectivity index (χ4v) is 3.84. The number of benzene rings is 2. The molecule has 1 amide bonds. The number of nitrogens with zero attached hydrogens (tertiary/aromatic N) is 2. The van der Waals surface area contributed by atoms with Crippen LogP contribution < -0.4 is 19.8 Å². The average molecular weight is 439 g/mol. The summed E-state index contributed by atoms with van der Waals surface area (Å²) < 4.78 is 17.9. The highest BCUT2D eigenvalue weighted by atomic mass is 16.5. The Kier molecular flexibility index (Phi) is 7.41. The molecule has 32 heavy (non-hydrogen) atoms. The van der Waals surface area contributed by atoms with Crippen molar-refractivity contribution in [3.63, 3.8) is 0 Å². The van der Waals surface area contributed by atoms with E-state index in [0.29, 0.717) is 41.4 Å². The van der Waals surface area contributed by atoms with Gasteiger partial charge in [-0.1, -0.05) is 12.1 Å². The maximum Gasteiger partial charge on any atom is 0.258 e. The highest BCUT2D eigenvalue weighted by Crippen LogP contribution is 2.33. The van der Waals surface area contributed by atoms with Gasteiger partial charge in [-0.15, -0.1) is 0 Å². The van der Waals surface area contributed by atoms with Gasteiger partial charge in [0.1, 0.15) is 17.2 Å². The number of carbonyl (C=O) groups is 1. The number of rotatable bonds is 9. The molecule has 0 saturated heterocycles. The van der Waals surface area contributed by atoms with Crippen LogP contribution in [0.3, 0.4) is 0 Å². The lowest BCUT2D eigenvalue weighted by Crippen LogP contribution is -2.32. The molecular formula is C25H30N2O5. The van der Waals surface area contributed by atoms with Crippen molar-refractivity contribution in [3.8, 4) is 28.4 Å². The van der Waals surface area contributed by atoms with Crippen molar-refractivity contribution in [2.45, 2.75) is 26.8 Å². The third-order valence-corrected chi connectivity index (χ3v) is 5.67. The number of pyridine rings is 1. The largest absolute Gasteiger partial charge is 0.497 e. The fraction of sp³-hybridized carbons (Fsp3) is 0.360. The van der Waals surface area contributed by atoms with Crippen LogP contribution >= 0.6 is 0 Å². The van der Waals surface area contributed by atoms with Crippen molar-refractivity contribution >= 4 is 16.8 Å². The second kappa shape index (κ2) is 10.2. The van der Waals surface area contributed by atoms with Crippen LogP contribution in [-0.4, -0.2) is 49.8 Å². The Morgan fingerprint density at radius 2 is 1.56 bits per heavy atom. The van der Waals surface area contributed by atoms with E-state index in [2.05, 4.69) is 0 Å². The molecule has 0 aliphatic rings. The van der Waals surface area contributed by atoms with Gasteiger partial charge in [-0.3, -0.25) is 9.59 Å². The minimum Gasteiger partial charge on any atom is -0.497 e. The molecular weight excluding hydrogens is 408 g/mol. The third kappa shape index (κ3) is 4.56. The van der Waals surface area contributed by atoms with Crippen LogP contribution in [0.25, 0.3) is 22.0 Å². The summed E-state index contributed by atoms with van der Waals surface area (Å²) in [5.41, 5.74) is 1.78. The van der Waals surface area contributed by atoms with E-state index in [-0.39, 0.29) is 24.4 Å². The monoisotopic (exact) mass is 438 g/mol. The van der Waals surface area contributed by atoms with E-state index in [0.717, 1.165) is 10.9 Å². The van der Waals surface area contributed by atoms with Crippen LogP contribution in [-0.2, 0) is 11.3 Å². The molecule has 3 aromatic rings. The van der Waals surface area contributed by atoms with E-state index < -0.39 is 0 Å². The molecule has 0 atom stereocenters. The van der Waals surface area contributed by atoms with Gasteiger partial charge in [-0.2, -0.15) is 0 Å². The molecule has 0 radical (unpaired) electrons. The molecule has 0 bridgehead atoms. The van der Waals surface area contributed by atoms with E-state index in [9.17, 15) is 9.59 Å². The molecule has 0 saturated carbocycles. The normalized spacial score (nSPS) is 10.8. The van der Waals surface area contributed by atoms with Gasteiger partial charge in [0.25, 0.3) is 5.56 Å². The molecule has 1 aromatic heterocycles. The zero-order valence-corrected chi connectivity index (χ0v) is 19.3. The lowest BCUT2D eigenvalue weighted by atomic mass is 10.0. The van der Waals surface area contributed by atoms with Gasteiger partial charge in [0.2, 0.25) is 5.91 Å². The number of fused-ring (bicyclic) bond motifs is 1. The molecule has 1 heterocycles. The number of aromatic nitrogens is 1. The number of hydrogen-bond donors (Lipinski definition) is 0. The Labute approximate surface area is 188 Å². The molecule has 7 heteroatoms. The first-order valence-electron chi connectivity index (χ1n) is 10.7. The second-order valence-corrected chi connectivity index (χ2v) is 7.32. The van der Waals surface area contributed by atoms with Crippen molar-refractivity contribution in [1.29, 1.82) is 0 Å². The van der Waals surface area contributed by atoms with Gasteiger partial charge >= 0.3 is 0 Å². The van der Waals surface area contributed by atoms with Gasteiger partial charge in [0, 0.05) is 49.1 Å². The van der Waals surface area contributed by atoms with Crippen molar-refractivity contribution in [2.75, 3.05) is 34.4 Å². The fourth-order valence-electron chi connectivity index (χ4n) is 3.84. The Bertz CT molecular complexity index is 1150. The van der Waals surface area contributed by atoms with Crippen molar-refractivity contribution < 1.29 is 19.0 Å². The summed E-state index contributed by atoms with van der Waals surface area (Å²) in [6, 6.07) is 12.8. The summed E-state index contributed by atoms with van der Waals surface area (Å²) >= 11 is 0. The number of hydrogen-bond acceptors (Lipinski definition) is 5. The van der Waals surface area contributed by atoms with E-state index in [1.165, 1.54) is 0 Å². The Morgan fingerprint density at radius 3 is 2.12 bits per heavy atom. The molecule has 0 aliphatic carbocycles. The van der Waals surface area contributed by atoms with Crippen LogP contribution in [0.1, 0.15) is 20.3 Å². The number of aryl methyl sites for hydroxylation is 1. The minimum absolute atomic E-state index is 0.0137. The topological polar surface area (TPSA) is 70.0 Å². The Hall–Kier alpha value is -3.48. The molecule has 0 unspecified atom stereocenters. The van der Waals surface area contributed by atoms with Crippen LogP contribution in [0.4, 0.5) is 0 Å². The van der Waals surface area contributed by atoms with Gasteiger partial charge in [-0.25, -0.2) is 0 Å². The van der Waals surface area contributed by atoms with Gasteiger partial charge < -0.3 is 23.7 Å². The quantitative estimate of drug-likeness (QED) is 0.506. The first kappa shape index (κ1) is 23.2. The predicted octanol–water partition coefficient (Wildman–Crippen LogP) is 3.95. The number of methoxy groups -OCH3 is 3. The summed E-state index contributed by atoms with van der Waals surface area (Å²) in [5.74, 6) is 1.90. The second-order valence-electron chi connectivity index (χ2n) is 7.32. The van der Waals surface area contributed by atoms with Gasteiger partial charge in [0.05, 0.1) is 26.8 Å². The van der Waals surface area contributed by atoms with Crippen molar-refractivity contribution in [3.05, 3.63) is 52.8 Å². The Morgan fingerprint density at radius 1 is 0.906 bits per heavy atom. The van der Waals surface area contributed by atoms with Crippen LogP contribution in [0.2, 0.25) is 0 Å². The van der Waals surface area contributed by atoms with E-state index in [4.69, 9.17) is 14.2 Å². The first-order valence-corrected chi connectivity index (χ1v) is 10.7. The SMILES string of the molecule is CCN(CC)C(=O)CCn1c(=O)c(-c2ccc(OC)cc2)cc2c(OC)cc(OC)cc21. The van der Waals surface area contributed by atoms with E-state index >= 15 is 0 Å². The highest BCUT2D eigenvalue weighted by Gasteiger charge is 2.17. The lowest BCUT2D eigenvalue weighted by Gasteiger charge is -2.20. The predicted molar refractivity (Wildman–Crippen MR) is 126 cm³/mol. The zero-order valence-electron chi connectivity index (χ0n) is 19.3. The van der Waals surface area contributed by atoms with Crippen LogP contribution in [0.5, 0.6) is 17.2 Å². The first-order chi connectivity index (χ1) is 15.5. The molecule has 3 rings (SSSR count). The summed E-state index contributed by atoms with van der Waals surface area (Å²) in [4.78, 5) is 28.0. The van der Waals surface area contributed by atoms with Gasteiger partial charge in [0.15, 0.2) is 0 Å².